The Bertz CT molecular complexity index is 973. The van der Waals surface area contributed by atoms with Crippen molar-refractivity contribution in [1.82, 2.24) is 10.6 Å². The molecule has 2 aromatic rings. The minimum atomic E-state index is -4.45. The number of carbonyl (C=O) groups excluding carboxylic acids is 3. The van der Waals surface area contributed by atoms with Crippen molar-refractivity contribution in [1.29, 1.82) is 0 Å². The molecule has 0 aromatic heterocycles. The lowest BCUT2D eigenvalue weighted by Crippen LogP contribution is -2.39. The Morgan fingerprint density at radius 2 is 1.45 bits per heavy atom. The smallest absolute Gasteiger partial charge is 0.368 e. The van der Waals surface area contributed by atoms with Crippen LogP contribution in [0.25, 0.3) is 0 Å². The molecule has 0 bridgehead atoms. The van der Waals surface area contributed by atoms with Crippen LogP contribution in [0.5, 0.6) is 0 Å². The zero-order valence-corrected chi connectivity index (χ0v) is 17.5. The van der Waals surface area contributed by atoms with Gasteiger partial charge in [0.15, 0.2) is 0 Å². The van der Waals surface area contributed by atoms with Crippen LogP contribution in [0.15, 0.2) is 48.5 Å². The van der Waals surface area contributed by atoms with Gasteiger partial charge in [0.25, 0.3) is 5.91 Å². The average molecular weight is 464 g/mol. The molecule has 1 atom stereocenters. The van der Waals surface area contributed by atoms with Crippen LogP contribution < -0.4 is 21.3 Å². The Morgan fingerprint density at radius 3 is 2.00 bits per heavy atom. The van der Waals surface area contributed by atoms with Crippen molar-refractivity contribution in [2.75, 3.05) is 30.3 Å². The molecule has 4 amide bonds. The number of hydrogen-bond donors (Lipinski definition) is 4. The molecule has 0 radical (unpaired) electrons. The third-order valence-electron chi connectivity index (χ3n) is 4.81. The second kappa shape index (κ2) is 10.8. The molecule has 1 saturated heterocycles. The van der Waals surface area contributed by atoms with Gasteiger partial charge in [0.05, 0.1) is 5.56 Å². The summed E-state index contributed by atoms with van der Waals surface area (Å²) in [6, 6.07) is 9.45. The summed E-state index contributed by atoms with van der Waals surface area (Å²) in [6.45, 7) is 1.09. The number of alkyl halides is 3. The van der Waals surface area contributed by atoms with Gasteiger partial charge < -0.3 is 26.0 Å². The van der Waals surface area contributed by atoms with Gasteiger partial charge in [0.1, 0.15) is 6.10 Å². The molecule has 0 saturated carbocycles. The standard InChI is InChI=1S/C22H23F3N4O4/c23-22(24,25)15-5-9-17(10-6-15)29-21(32)28-16-7-3-14(4-8-16)19(30)26-11-12-27-20(31)18-2-1-13-33-18/h3-10,18H,1-2,11-13H2,(H,26,30)(H,27,31)(H2,28,29,32). The molecule has 0 aliphatic carbocycles. The van der Waals surface area contributed by atoms with Gasteiger partial charge >= 0.3 is 12.2 Å². The highest BCUT2D eigenvalue weighted by molar-refractivity contribution is 6.00. The van der Waals surface area contributed by atoms with Gasteiger partial charge in [-0.1, -0.05) is 0 Å². The number of amides is 4. The number of rotatable bonds is 7. The number of ether oxygens (including phenoxy) is 1. The monoisotopic (exact) mass is 464 g/mol. The van der Waals surface area contributed by atoms with Crippen molar-refractivity contribution < 1.29 is 32.3 Å². The molecule has 2 aromatic carbocycles. The summed E-state index contributed by atoms with van der Waals surface area (Å²) in [7, 11) is 0. The maximum Gasteiger partial charge on any atom is 0.416 e. The summed E-state index contributed by atoms with van der Waals surface area (Å²) in [5.74, 6) is -0.533. The topological polar surface area (TPSA) is 109 Å². The normalized spacial score (nSPS) is 15.5. The molecule has 1 aliphatic rings. The second-order valence-corrected chi connectivity index (χ2v) is 7.28. The van der Waals surface area contributed by atoms with Crippen LogP contribution in [0.1, 0.15) is 28.8 Å². The van der Waals surface area contributed by atoms with E-state index in [-0.39, 0.29) is 30.6 Å². The Labute approximate surface area is 187 Å². The number of benzene rings is 2. The van der Waals surface area contributed by atoms with E-state index in [1.165, 1.54) is 24.3 Å². The highest BCUT2D eigenvalue weighted by Crippen LogP contribution is 2.29. The number of nitrogens with one attached hydrogen (secondary N) is 4. The summed E-state index contributed by atoms with van der Waals surface area (Å²) >= 11 is 0. The molecule has 11 heteroatoms. The Morgan fingerprint density at radius 1 is 0.879 bits per heavy atom. The Hall–Kier alpha value is -3.60. The lowest BCUT2D eigenvalue weighted by atomic mass is 10.2. The number of anilines is 2. The van der Waals surface area contributed by atoms with Gasteiger partial charge in [0, 0.05) is 36.6 Å². The van der Waals surface area contributed by atoms with Gasteiger partial charge in [-0.2, -0.15) is 13.2 Å². The van der Waals surface area contributed by atoms with Gasteiger partial charge in [-0.05, 0) is 61.4 Å². The third kappa shape index (κ3) is 7.21. The van der Waals surface area contributed by atoms with Gasteiger partial charge in [0.2, 0.25) is 5.91 Å². The second-order valence-electron chi connectivity index (χ2n) is 7.28. The molecule has 33 heavy (non-hydrogen) atoms. The van der Waals surface area contributed by atoms with Crippen molar-refractivity contribution in [3.05, 3.63) is 59.7 Å². The number of hydrogen-bond acceptors (Lipinski definition) is 4. The number of halogens is 3. The first kappa shape index (κ1) is 24.1. The van der Waals surface area contributed by atoms with Crippen molar-refractivity contribution in [2.24, 2.45) is 0 Å². The minimum absolute atomic E-state index is 0.188. The first-order valence-corrected chi connectivity index (χ1v) is 10.3. The van der Waals surface area contributed by atoms with Gasteiger partial charge in [-0.3, -0.25) is 9.59 Å². The summed E-state index contributed by atoms with van der Waals surface area (Å²) in [5.41, 5.74) is 0.129. The summed E-state index contributed by atoms with van der Waals surface area (Å²) in [4.78, 5) is 36.1. The Balaban J connectivity index is 1.41. The van der Waals surface area contributed by atoms with E-state index in [2.05, 4.69) is 21.3 Å². The molecular formula is C22H23F3N4O4. The molecule has 8 nitrogen and oxygen atoms in total. The first-order chi connectivity index (χ1) is 15.7. The van der Waals surface area contributed by atoms with E-state index in [0.717, 1.165) is 30.7 Å². The predicted octanol–water partition coefficient (Wildman–Crippen LogP) is 3.37. The van der Waals surface area contributed by atoms with Crippen molar-refractivity contribution >= 4 is 29.2 Å². The summed E-state index contributed by atoms with van der Waals surface area (Å²) < 4.78 is 43.0. The van der Waals surface area contributed by atoms with Crippen molar-refractivity contribution in [2.45, 2.75) is 25.1 Å². The molecule has 3 rings (SSSR count). The van der Waals surface area contributed by atoms with E-state index in [9.17, 15) is 27.6 Å². The molecular weight excluding hydrogens is 441 g/mol. The van der Waals surface area contributed by atoms with Crippen LogP contribution in [0, 0.1) is 0 Å². The fourth-order valence-corrected chi connectivity index (χ4v) is 3.10. The quantitative estimate of drug-likeness (QED) is 0.471. The lowest BCUT2D eigenvalue weighted by Gasteiger charge is -2.11. The highest BCUT2D eigenvalue weighted by atomic mass is 19.4. The third-order valence-corrected chi connectivity index (χ3v) is 4.81. The van der Waals surface area contributed by atoms with Crippen LogP contribution in [0.4, 0.5) is 29.3 Å². The van der Waals surface area contributed by atoms with E-state index >= 15 is 0 Å². The van der Waals surface area contributed by atoms with Crippen molar-refractivity contribution in [3.63, 3.8) is 0 Å². The fourth-order valence-electron chi connectivity index (χ4n) is 3.10. The molecule has 176 valence electrons. The fraction of sp³-hybridized carbons (Fsp3) is 0.318. The first-order valence-electron chi connectivity index (χ1n) is 10.3. The predicted molar refractivity (Wildman–Crippen MR) is 115 cm³/mol. The largest absolute Gasteiger partial charge is 0.416 e. The average Bonchev–Trinajstić information content (AvgIpc) is 3.32. The van der Waals surface area contributed by atoms with Crippen molar-refractivity contribution in [3.8, 4) is 0 Å². The molecule has 0 spiro atoms. The summed E-state index contributed by atoms with van der Waals surface area (Å²) in [6.07, 6.45) is -3.32. The number of carbonyl (C=O) groups is 3. The van der Waals surface area contributed by atoms with Crippen LogP contribution >= 0.6 is 0 Å². The molecule has 1 aliphatic heterocycles. The minimum Gasteiger partial charge on any atom is -0.368 e. The van der Waals surface area contributed by atoms with E-state index in [0.29, 0.717) is 24.3 Å². The molecule has 4 N–H and O–H groups in total. The van der Waals surface area contributed by atoms with Crippen LogP contribution in [-0.2, 0) is 15.7 Å². The lowest BCUT2D eigenvalue weighted by molar-refractivity contribution is -0.137. The SMILES string of the molecule is O=C(Nc1ccc(C(=O)NCCNC(=O)C2CCCO2)cc1)Nc1ccc(C(F)(F)F)cc1. The maximum absolute atomic E-state index is 12.6. The van der Waals surface area contributed by atoms with Crippen LogP contribution in [0.2, 0.25) is 0 Å². The van der Waals surface area contributed by atoms with E-state index in [4.69, 9.17) is 4.74 Å². The van der Waals surface area contributed by atoms with Crippen LogP contribution in [-0.4, -0.2) is 43.6 Å². The zero-order valence-electron chi connectivity index (χ0n) is 17.5. The van der Waals surface area contributed by atoms with E-state index in [1.807, 2.05) is 0 Å². The maximum atomic E-state index is 12.6. The zero-order chi connectivity index (χ0) is 23.8. The molecule has 1 heterocycles. The van der Waals surface area contributed by atoms with E-state index in [1.54, 1.807) is 0 Å². The highest BCUT2D eigenvalue weighted by Gasteiger charge is 2.30. The number of urea groups is 1. The summed E-state index contributed by atoms with van der Waals surface area (Å²) in [5, 5.41) is 10.3. The molecule has 1 unspecified atom stereocenters. The van der Waals surface area contributed by atoms with Gasteiger partial charge in [-0.25, -0.2) is 4.79 Å². The van der Waals surface area contributed by atoms with Gasteiger partial charge in [-0.15, -0.1) is 0 Å². The van der Waals surface area contributed by atoms with E-state index < -0.39 is 23.9 Å². The van der Waals surface area contributed by atoms with Crippen LogP contribution in [0.3, 0.4) is 0 Å². The Kier molecular flexibility index (Phi) is 7.88. The molecule has 1 fully saturated rings.